The molecule has 0 amide bonds. The van der Waals surface area contributed by atoms with Gasteiger partial charge in [-0.05, 0) is 42.0 Å². The van der Waals surface area contributed by atoms with Gasteiger partial charge in [0.05, 0.1) is 21.6 Å². The van der Waals surface area contributed by atoms with Crippen molar-refractivity contribution in [3.63, 3.8) is 0 Å². The van der Waals surface area contributed by atoms with Crippen molar-refractivity contribution in [2.75, 3.05) is 0 Å². The number of nitro benzene ring substituents is 1. The number of furan rings is 1. The average Bonchev–Trinajstić information content (AvgIpc) is 3.10. The van der Waals surface area contributed by atoms with Crippen LogP contribution in [0.4, 0.5) is 5.69 Å². The van der Waals surface area contributed by atoms with Crippen molar-refractivity contribution in [2.24, 2.45) is 0 Å². The number of hydrogen-bond acceptors (Lipinski definition) is 4. The van der Waals surface area contributed by atoms with E-state index in [4.69, 9.17) is 27.6 Å². The normalized spacial score (nSPS) is 11.2. The van der Waals surface area contributed by atoms with E-state index in [-0.39, 0.29) is 11.3 Å². The minimum atomic E-state index is -0.509. The molecule has 2 aromatic carbocycles. The van der Waals surface area contributed by atoms with Gasteiger partial charge in [0.2, 0.25) is 0 Å². The van der Waals surface area contributed by atoms with Crippen LogP contribution in [0.3, 0.4) is 0 Å². The van der Waals surface area contributed by atoms with E-state index in [1.165, 1.54) is 24.3 Å². The molecule has 0 aliphatic rings. The maximum Gasteiger partial charge on any atom is 0.270 e. The fourth-order valence-electron chi connectivity index (χ4n) is 2.37. The van der Waals surface area contributed by atoms with E-state index in [1.807, 2.05) is 6.07 Å². The molecule has 0 unspecified atom stereocenters. The first-order chi connectivity index (χ1) is 12.5. The first kappa shape index (κ1) is 17.7. The second-order valence-corrected chi connectivity index (χ2v) is 6.15. The molecule has 0 bridgehead atoms. The summed E-state index contributed by atoms with van der Waals surface area (Å²) in [5, 5.41) is 21.3. The van der Waals surface area contributed by atoms with E-state index >= 15 is 0 Å². The minimum Gasteiger partial charge on any atom is -0.457 e. The van der Waals surface area contributed by atoms with Gasteiger partial charge >= 0.3 is 0 Å². The topological polar surface area (TPSA) is 80.1 Å². The quantitative estimate of drug-likeness (QED) is 0.303. The highest BCUT2D eigenvalue weighted by molar-refractivity contribution is 6.35. The molecule has 26 heavy (non-hydrogen) atoms. The fraction of sp³-hybridized carbons (Fsp3) is 0. The van der Waals surface area contributed by atoms with Crippen LogP contribution in [0.25, 0.3) is 23.0 Å². The van der Waals surface area contributed by atoms with Crippen molar-refractivity contribution in [1.29, 1.82) is 5.26 Å². The Labute approximate surface area is 158 Å². The zero-order chi connectivity index (χ0) is 18.7. The first-order valence-corrected chi connectivity index (χ1v) is 8.15. The van der Waals surface area contributed by atoms with Crippen molar-refractivity contribution in [2.45, 2.75) is 0 Å². The zero-order valence-corrected chi connectivity index (χ0v) is 14.7. The Hall–Kier alpha value is -3.07. The number of non-ortho nitro benzene ring substituents is 1. The molecule has 3 aromatic rings. The van der Waals surface area contributed by atoms with Gasteiger partial charge in [0, 0.05) is 22.7 Å². The number of rotatable bonds is 4. The molecule has 0 N–H and O–H groups in total. The largest absolute Gasteiger partial charge is 0.457 e. The maximum atomic E-state index is 10.9. The van der Waals surface area contributed by atoms with Crippen molar-refractivity contribution >= 4 is 40.5 Å². The summed E-state index contributed by atoms with van der Waals surface area (Å²) in [6.45, 7) is 0. The van der Waals surface area contributed by atoms with Gasteiger partial charge in [-0.25, -0.2) is 0 Å². The highest BCUT2D eigenvalue weighted by atomic mass is 35.5. The molecule has 1 heterocycles. The van der Waals surface area contributed by atoms with Crippen molar-refractivity contribution < 1.29 is 9.34 Å². The van der Waals surface area contributed by atoms with E-state index in [0.29, 0.717) is 32.7 Å². The Kier molecular flexibility index (Phi) is 5.08. The van der Waals surface area contributed by atoms with Crippen LogP contribution in [0, 0.1) is 21.4 Å². The predicted molar refractivity (Wildman–Crippen MR) is 101 cm³/mol. The molecule has 7 heteroatoms. The summed E-state index contributed by atoms with van der Waals surface area (Å²) < 4.78 is 5.73. The number of halogens is 2. The number of hydrogen-bond donors (Lipinski definition) is 0. The molecule has 0 spiro atoms. The summed E-state index contributed by atoms with van der Waals surface area (Å²) in [6.07, 6.45) is 1.51. The lowest BCUT2D eigenvalue weighted by molar-refractivity contribution is -0.384. The molecule has 0 aliphatic carbocycles. The van der Waals surface area contributed by atoms with Gasteiger partial charge in [-0.1, -0.05) is 35.3 Å². The summed E-state index contributed by atoms with van der Waals surface area (Å²) in [5.74, 6) is 0.916. The third kappa shape index (κ3) is 3.77. The second-order valence-electron chi connectivity index (χ2n) is 5.30. The lowest BCUT2D eigenvalue weighted by Crippen LogP contribution is -1.89. The molecule has 0 saturated carbocycles. The first-order valence-electron chi connectivity index (χ1n) is 7.40. The molecule has 0 atom stereocenters. The Morgan fingerprint density at radius 2 is 1.96 bits per heavy atom. The van der Waals surface area contributed by atoms with Crippen LogP contribution in [0.1, 0.15) is 11.3 Å². The van der Waals surface area contributed by atoms with Crippen LogP contribution >= 0.6 is 23.2 Å². The Morgan fingerprint density at radius 3 is 2.69 bits per heavy atom. The minimum absolute atomic E-state index is 0.0884. The molecule has 128 valence electrons. The van der Waals surface area contributed by atoms with E-state index < -0.39 is 4.92 Å². The van der Waals surface area contributed by atoms with Gasteiger partial charge in [-0.2, -0.15) is 5.26 Å². The Morgan fingerprint density at radius 1 is 1.15 bits per heavy atom. The third-order valence-corrected chi connectivity index (χ3v) is 4.16. The Balaban J connectivity index is 1.98. The lowest BCUT2D eigenvalue weighted by Gasteiger charge is -2.01. The number of nitrogens with zero attached hydrogens (tertiary/aromatic N) is 2. The molecule has 3 rings (SSSR count). The van der Waals surface area contributed by atoms with Gasteiger partial charge < -0.3 is 4.42 Å². The van der Waals surface area contributed by atoms with Crippen LogP contribution in [-0.4, -0.2) is 4.92 Å². The van der Waals surface area contributed by atoms with Crippen molar-refractivity contribution in [3.05, 3.63) is 86.1 Å². The molecular formula is C19H10Cl2N2O3. The maximum absolute atomic E-state index is 10.9. The van der Waals surface area contributed by atoms with Crippen molar-refractivity contribution in [1.82, 2.24) is 0 Å². The van der Waals surface area contributed by atoms with Crippen LogP contribution in [0.15, 0.2) is 59.0 Å². The average molecular weight is 385 g/mol. The van der Waals surface area contributed by atoms with Gasteiger partial charge in [0.15, 0.2) is 0 Å². The highest BCUT2D eigenvalue weighted by Crippen LogP contribution is 2.32. The molecular weight excluding hydrogens is 375 g/mol. The second kappa shape index (κ2) is 7.44. The third-order valence-electron chi connectivity index (χ3n) is 3.60. The summed E-state index contributed by atoms with van der Waals surface area (Å²) in [6, 6.07) is 16.3. The molecule has 0 aliphatic heterocycles. The van der Waals surface area contributed by atoms with Gasteiger partial charge in [0.1, 0.15) is 11.5 Å². The SMILES string of the molecule is N#CC(=Cc1ccc(-c2cc(Cl)ccc2Cl)o1)c1cccc([N+](=O)[O-])c1. The number of nitro groups is 1. The van der Waals surface area contributed by atoms with Crippen LogP contribution < -0.4 is 0 Å². The summed E-state index contributed by atoms with van der Waals surface area (Å²) >= 11 is 12.2. The van der Waals surface area contributed by atoms with Gasteiger partial charge in [-0.15, -0.1) is 0 Å². The van der Waals surface area contributed by atoms with Crippen LogP contribution in [-0.2, 0) is 0 Å². The van der Waals surface area contributed by atoms with Gasteiger partial charge in [0.25, 0.3) is 5.69 Å². The monoisotopic (exact) mass is 384 g/mol. The van der Waals surface area contributed by atoms with Crippen LogP contribution in [0.5, 0.6) is 0 Å². The standard InChI is InChI=1S/C19H10Cl2N2O3/c20-14-4-6-18(21)17(10-14)19-7-5-16(26-19)9-13(11-22)12-2-1-3-15(8-12)23(24)25/h1-10H. The molecule has 0 radical (unpaired) electrons. The molecule has 5 nitrogen and oxygen atoms in total. The lowest BCUT2D eigenvalue weighted by atomic mass is 10.1. The Bertz CT molecular complexity index is 1060. The smallest absolute Gasteiger partial charge is 0.270 e. The summed E-state index contributed by atoms with van der Waals surface area (Å²) in [4.78, 5) is 10.4. The van der Waals surface area contributed by atoms with E-state index in [0.717, 1.165) is 0 Å². The molecule has 0 fully saturated rings. The van der Waals surface area contributed by atoms with Gasteiger partial charge in [-0.3, -0.25) is 10.1 Å². The highest BCUT2D eigenvalue weighted by Gasteiger charge is 2.12. The van der Waals surface area contributed by atoms with Crippen LogP contribution in [0.2, 0.25) is 10.0 Å². The number of nitriles is 1. The summed E-state index contributed by atoms with van der Waals surface area (Å²) in [7, 11) is 0. The fourth-order valence-corrected chi connectivity index (χ4v) is 2.75. The number of allylic oxidation sites excluding steroid dienone is 1. The van der Waals surface area contributed by atoms with E-state index in [2.05, 4.69) is 0 Å². The number of benzene rings is 2. The zero-order valence-electron chi connectivity index (χ0n) is 13.1. The molecule has 0 saturated heterocycles. The van der Waals surface area contributed by atoms with Crippen molar-refractivity contribution in [3.8, 4) is 17.4 Å². The predicted octanol–water partition coefficient (Wildman–Crippen LogP) is 6.23. The van der Waals surface area contributed by atoms with E-state index in [9.17, 15) is 15.4 Å². The molecule has 1 aromatic heterocycles. The van der Waals surface area contributed by atoms with E-state index in [1.54, 1.807) is 36.4 Å². The summed E-state index contributed by atoms with van der Waals surface area (Å²) in [5.41, 5.74) is 1.22.